The Bertz CT molecular complexity index is 660. The van der Waals surface area contributed by atoms with Crippen LogP contribution in [0.25, 0.3) is 10.6 Å². The third-order valence-corrected chi connectivity index (χ3v) is 4.39. The van der Waals surface area contributed by atoms with Gasteiger partial charge in [0.1, 0.15) is 10.8 Å². The van der Waals surface area contributed by atoms with Crippen LogP contribution in [-0.4, -0.2) is 22.7 Å². The molecule has 0 unspecified atom stereocenters. The summed E-state index contributed by atoms with van der Waals surface area (Å²) < 4.78 is 6.53. The minimum Gasteiger partial charge on any atom is -0.492 e. The van der Waals surface area contributed by atoms with Gasteiger partial charge in [-0.3, -0.25) is 0 Å². The molecule has 112 valence electrons. The van der Waals surface area contributed by atoms with Crippen LogP contribution in [0.3, 0.4) is 0 Å². The van der Waals surface area contributed by atoms with Gasteiger partial charge in [0.05, 0.1) is 16.6 Å². The Labute approximate surface area is 139 Å². The molecule has 1 N–H and O–H groups in total. The molecule has 0 bridgehead atoms. The van der Waals surface area contributed by atoms with Crippen molar-refractivity contribution in [3.05, 3.63) is 32.7 Å². The second-order valence-corrected chi connectivity index (χ2v) is 6.46. The summed E-state index contributed by atoms with van der Waals surface area (Å²) in [6.07, 6.45) is 1.97. The van der Waals surface area contributed by atoms with Gasteiger partial charge in [-0.05, 0) is 34.5 Å². The van der Waals surface area contributed by atoms with E-state index < -0.39 is 5.97 Å². The van der Waals surface area contributed by atoms with Crippen molar-refractivity contribution >= 4 is 44.8 Å². The predicted octanol–water partition coefficient (Wildman–Crippen LogP) is 5.10. The van der Waals surface area contributed by atoms with E-state index in [2.05, 4.69) is 27.8 Å². The zero-order chi connectivity index (χ0) is 15.4. The van der Waals surface area contributed by atoms with E-state index in [1.165, 1.54) is 16.7 Å². The summed E-state index contributed by atoms with van der Waals surface area (Å²) in [5.74, 6) is -0.411. The lowest BCUT2D eigenvalue weighted by Gasteiger charge is -2.12. The highest BCUT2D eigenvalue weighted by Gasteiger charge is 2.17. The summed E-state index contributed by atoms with van der Waals surface area (Å²) in [5.41, 5.74) is 0.716. The smallest absolute Gasteiger partial charge is 0.355 e. The predicted molar refractivity (Wildman–Crippen MR) is 87.6 cm³/mol. The van der Waals surface area contributed by atoms with Crippen molar-refractivity contribution in [3.63, 3.8) is 0 Å². The number of hydrogen-bond acceptors (Lipinski definition) is 4. The van der Waals surface area contributed by atoms with Crippen molar-refractivity contribution < 1.29 is 14.6 Å². The number of thiazole rings is 1. The van der Waals surface area contributed by atoms with E-state index in [-0.39, 0.29) is 5.69 Å². The van der Waals surface area contributed by atoms with E-state index in [1.807, 2.05) is 0 Å². The Balaban J connectivity index is 2.42. The first kappa shape index (κ1) is 16.3. The Morgan fingerprint density at radius 2 is 2.29 bits per heavy atom. The molecule has 0 aliphatic rings. The first-order valence-corrected chi connectivity index (χ1v) is 8.39. The van der Waals surface area contributed by atoms with Crippen LogP contribution >= 0.6 is 38.9 Å². The monoisotopic (exact) mass is 389 g/mol. The molecule has 2 aromatic rings. The first-order chi connectivity index (χ1) is 10.0. The minimum absolute atomic E-state index is 0.0191. The maximum absolute atomic E-state index is 11.0. The number of nitrogens with zero attached hydrogens (tertiary/aromatic N) is 1. The van der Waals surface area contributed by atoms with Crippen molar-refractivity contribution in [1.82, 2.24) is 4.98 Å². The lowest BCUT2D eigenvalue weighted by molar-refractivity contribution is 0.0691. The zero-order valence-electron chi connectivity index (χ0n) is 11.2. The van der Waals surface area contributed by atoms with Gasteiger partial charge in [-0.1, -0.05) is 24.9 Å². The molecule has 1 aromatic heterocycles. The number of hydrogen-bond donors (Lipinski definition) is 1. The van der Waals surface area contributed by atoms with Crippen molar-refractivity contribution in [2.75, 3.05) is 6.61 Å². The first-order valence-electron chi connectivity index (χ1n) is 6.34. The largest absolute Gasteiger partial charge is 0.492 e. The number of rotatable bonds is 6. The Morgan fingerprint density at radius 3 is 2.90 bits per heavy atom. The van der Waals surface area contributed by atoms with Gasteiger partial charge in [-0.15, -0.1) is 11.3 Å². The molecule has 21 heavy (non-hydrogen) atoms. The van der Waals surface area contributed by atoms with Gasteiger partial charge in [-0.2, -0.15) is 0 Å². The summed E-state index contributed by atoms with van der Waals surface area (Å²) >= 11 is 10.8. The molecule has 0 spiro atoms. The zero-order valence-corrected chi connectivity index (χ0v) is 14.4. The molecule has 1 aromatic carbocycles. The van der Waals surface area contributed by atoms with Crippen LogP contribution in [0.2, 0.25) is 5.02 Å². The molecule has 2 rings (SSSR count). The van der Waals surface area contributed by atoms with Crippen molar-refractivity contribution in [2.45, 2.75) is 19.8 Å². The van der Waals surface area contributed by atoms with Gasteiger partial charge in [-0.25, -0.2) is 9.78 Å². The van der Waals surface area contributed by atoms with Crippen molar-refractivity contribution in [1.29, 1.82) is 0 Å². The molecule has 0 aliphatic heterocycles. The summed E-state index contributed by atoms with van der Waals surface area (Å²) in [5, 5.41) is 11.6. The number of aromatic carboxylic acids is 1. The van der Waals surface area contributed by atoms with Crippen LogP contribution < -0.4 is 4.74 Å². The molecule has 0 fully saturated rings. The van der Waals surface area contributed by atoms with Crippen LogP contribution in [0.15, 0.2) is 22.0 Å². The van der Waals surface area contributed by atoms with Gasteiger partial charge in [0.15, 0.2) is 5.69 Å². The van der Waals surface area contributed by atoms with Crippen molar-refractivity contribution in [2.24, 2.45) is 0 Å². The second-order valence-electron chi connectivity index (χ2n) is 4.31. The van der Waals surface area contributed by atoms with Gasteiger partial charge >= 0.3 is 5.97 Å². The summed E-state index contributed by atoms with van der Waals surface area (Å²) in [7, 11) is 0. The Morgan fingerprint density at radius 1 is 1.52 bits per heavy atom. The average molecular weight is 391 g/mol. The summed E-state index contributed by atoms with van der Waals surface area (Å²) in [4.78, 5) is 15.1. The van der Waals surface area contributed by atoms with Crippen LogP contribution in [0.4, 0.5) is 0 Å². The normalized spacial score (nSPS) is 10.6. The molecule has 0 saturated carbocycles. The van der Waals surface area contributed by atoms with Crippen LogP contribution in [0.1, 0.15) is 30.3 Å². The number of aromatic nitrogens is 1. The maximum atomic E-state index is 11.0. The molecule has 0 atom stereocenters. The van der Waals surface area contributed by atoms with E-state index in [0.717, 1.165) is 17.3 Å². The Kier molecular flexibility index (Phi) is 5.61. The van der Waals surface area contributed by atoms with E-state index in [9.17, 15) is 4.79 Å². The number of halogens is 2. The third kappa shape index (κ3) is 3.96. The van der Waals surface area contributed by atoms with Crippen LogP contribution in [0.5, 0.6) is 5.75 Å². The minimum atomic E-state index is -1.05. The number of carboxylic acids is 1. The van der Waals surface area contributed by atoms with Crippen LogP contribution in [0, 0.1) is 0 Å². The molecule has 0 aliphatic carbocycles. The van der Waals surface area contributed by atoms with Gasteiger partial charge in [0.25, 0.3) is 0 Å². The molecule has 0 amide bonds. The fourth-order valence-electron chi connectivity index (χ4n) is 1.68. The summed E-state index contributed by atoms with van der Waals surface area (Å²) in [6, 6.07) is 3.48. The van der Waals surface area contributed by atoms with Crippen LogP contribution in [-0.2, 0) is 0 Å². The van der Waals surface area contributed by atoms with Crippen molar-refractivity contribution in [3.8, 4) is 16.3 Å². The number of benzene rings is 1. The Hall–Kier alpha value is -1.11. The fourth-order valence-corrected chi connectivity index (χ4v) is 3.41. The van der Waals surface area contributed by atoms with E-state index in [4.69, 9.17) is 21.4 Å². The third-order valence-electron chi connectivity index (χ3n) is 2.71. The van der Waals surface area contributed by atoms with Gasteiger partial charge in [0, 0.05) is 10.4 Å². The molecule has 1 heterocycles. The maximum Gasteiger partial charge on any atom is 0.355 e. The molecular formula is C14H13BrClNO3S. The van der Waals surface area contributed by atoms with E-state index >= 15 is 0 Å². The number of unbranched alkanes of at least 4 members (excludes halogenated alkanes) is 1. The lowest BCUT2D eigenvalue weighted by atomic mass is 10.2. The molecular weight excluding hydrogens is 378 g/mol. The lowest BCUT2D eigenvalue weighted by Crippen LogP contribution is -2.00. The highest BCUT2D eigenvalue weighted by molar-refractivity contribution is 9.10. The number of carboxylic acid groups (broad SMARTS) is 1. The second kappa shape index (κ2) is 7.24. The highest BCUT2D eigenvalue weighted by Crippen LogP contribution is 2.40. The SMILES string of the molecule is CCCCOc1c(Br)cc(Cl)cc1-c1nc(C(=O)O)cs1. The molecule has 4 nitrogen and oxygen atoms in total. The van der Waals surface area contributed by atoms with E-state index in [1.54, 1.807) is 12.1 Å². The average Bonchev–Trinajstić information content (AvgIpc) is 2.90. The standard InChI is InChI=1S/C14H13BrClNO3S/c1-2-3-4-20-12-9(5-8(16)6-10(12)15)13-17-11(7-21-13)14(18)19/h5-7H,2-4H2,1H3,(H,18,19). The van der Waals surface area contributed by atoms with Gasteiger partial charge < -0.3 is 9.84 Å². The fraction of sp³-hybridized carbons (Fsp3) is 0.286. The molecule has 0 saturated heterocycles. The van der Waals surface area contributed by atoms with Gasteiger partial charge in [0.2, 0.25) is 0 Å². The number of carbonyl (C=O) groups is 1. The summed E-state index contributed by atoms with van der Waals surface area (Å²) in [6.45, 7) is 2.67. The topological polar surface area (TPSA) is 59.4 Å². The quantitative estimate of drug-likeness (QED) is 0.697. The molecule has 0 radical (unpaired) electrons. The molecule has 7 heteroatoms. The van der Waals surface area contributed by atoms with E-state index in [0.29, 0.717) is 28.0 Å². The number of ether oxygens (including phenoxy) is 1. The highest BCUT2D eigenvalue weighted by atomic mass is 79.9.